The third kappa shape index (κ3) is 5.05. The number of unbranched alkanes of at least 4 members (excludes halogenated alkanes) is 1. The van der Waals surface area contributed by atoms with Gasteiger partial charge in [-0.2, -0.15) is 0 Å². The number of anilines is 1. The molecule has 1 aliphatic heterocycles. The van der Waals surface area contributed by atoms with Crippen LogP contribution in [0.5, 0.6) is 5.75 Å². The summed E-state index contributed by atoms with van der Waals surface area (Å²) in [5.74, 6) is 0.780. The first-order valence-electron chi connectivity index (χ1n) is 11.6. The first-order valence-corrected chi connectivity index (χ1v) is 13.2. The number of rotatable bonds is 8. The SMILES string of the molecule is COc1ccc(/C=C2\SC(=S)N(CCCCNc3ccnc4cc(Cl)ccc34)C2=O)c2ccccc12. The maximum Gasteiger partial charge on any atom is 0.266 e. The van der Waals surface area contributed by atoms with Crippen LogP contribution < -0.4 is 10.1 Å². The normalized spacial score (nSPS) is 14.8. The van der Waals surface area contributed by atoms with E-state index in [1.165, 1.54) is 11.8 Å². The molecular formula is C28H24ClN3O2S2. The van der Waals surface area contributed by atoms with E-state index < -0.39 is 0 Å². The van der Waals surface area contributed by atoms with E-state index in [-0.39, 0.29) is 5.91 Å². The third-order valence-electron chi connectivity index (χ3n) is 6.13. The van der Waals surface area contributed by atoms with Crippen molar-refractivity contribution in [2.75, 3.05) is 25.5 Å². The smallest absolute Gasteiger partial charge is 0.266 e. The highest BCUT2D eigenvalue weighted by molar-refractivity contribution is 8.26. The largest absolute Gasteiger partial charge is 0.496 e. The van der Waals surface area contributed by atoms with Crippen molar-refractivity contribution in [3.63, 3.8) is 0 Å². The summed E-state index contributed by atoms with van der Waals surface area (Å²) in [6, 6.07) is 19.6. The second-order valence-electron chi connectivity index (χ2n) is 8.39. The van der Waals surface area contributed by atoms with Crippen LogP contribution >= 0.6 is 35.6 Å². The van der Waals surface area contributed by atoms with E-state index in [4.69, 9.17) is 28.6 Å². The van der Waals surface area contributed by atoms with Crippen molar-refractivity contribution in [1.82, 2.24) is 9.88 Å². The Morgan fingerprint density at radius 1 is 1.08 bits per heavy atom. The average molecular weight is 534 g/mol. The van der Waals surface area contributed by atoms with Crippen molar-refractivity contribution in [2.45, 2.75) is 12.8 Å². The molecule has 1 N–H and O–H groups in total. The number of nitrogens with zero attached hydrogens (tertiary/aromatic N) is 2. The Morgan fingerprint density at radius 3 is 2.75 bits per heavy atom. The lowest BCUT2D eigenvalue weighted by molar-refractivity contribution is -0.122. The van der Waals surface area contributed by atoms with Gasteiger partial charge in [-0.25, -0.2) is 0 Å². The van der Waals surface area contributed by atoms with Gasteiger partial charge in [0.15, 0.2) is 0 Å². The van der Waals surface area contributed by atoms with E-state index in [1.807, 2.05) is 66.7 Å². The molecule has 3 aromatic carbocycles. The Morgan fingerprint density at radius 2 is 1.92 bits per heavy atom. The molecule has 0 aliphatic carbocycles. The maximum absolute atomic E-state index is 13.1. The average Bonchev–Trinajstić information content (AvgIpc) is 3.15. The number of thioether (sulfide) groups is 1. The van der Waals surface area contributed by atoms with Gasteiger partial charge in [0.2, 0.25) is 0 Å². The van der Waals surface area contributed by atoms with Crippen molar-refractivity contribution in [3.8, 4) is 5.75 Å². The summed E-state index contributed by atoms with van der Waals surface area (Å²) >= 11 is 13.0. The van der Waals surface area contributed by atoms with Gasteiger partial charge in [-0.3, -0.25) is 14.7 Å². The van der Waals surface area contributed by atoms with Crippen molar-refractivity contribution in [1.29, 1.82) is 0 Å². The molecule has 36 heavy (non-hydrogen) atoms. The number of hydrogen-bond acceptors (Lipinski definition) is 6. The Labute approximate surface area is 224 Å². The third-order valence-corrected chi connectivity index (χ3v) is 7.74. The molecule has 0 unspecified atom stereocenters. The lowest BCUT2D eigenvalue weighted by Gasteiger charge is -2.15. The minimum absolute atomic E-state index is 0.0325. The lowest BCUT2D eigenvalue weighted by Crippen LogP contribution is -2.29. The number of halogens is 1. The monoisotopic (exact) mass is 533 g/mol. The fourth-order valence-corrected chi connectivity index (χ4v) is 5.79. The van der Waals surface area contributed by atoms with Gasteiger partial charge >= 0.3 is 0 Å². The standard InChI is InChI=1S/C28H24ClN3O2S2/c1-34-25-11-8-18(20-6-2-3-7-21(20)25)16-26-27(33)32(28(35)36-26)15-5-4-13-30-23-12-14-31-24-17-19(29)9-10-22(23)24/h2-3,6-12,14,16-17H,4-5,13,15H2,1H3,(H,30,31)/b26-16-. The number of hydrogen-bond donors (Lipinski definition) is 1. The van der Waals surface area contributed by atoms with Crippen LogP contribution in [0.15, 0.2) is 71.8 Å². The van der Waals surface area contributed by atoms with Crippen molar-refractivity contribution in [2.24, 2.45) is 0 Å². The molecule has 8 heteroatoms. The molecule has 0 spiro atoms. The number of aromatic nitrogens is 1. The number of fused-ring (bicyclic) bond motifs is 2. The van der Waals surface area contributed by atoms with Crippen LogP contribution in [-0.2, 0) is 4.79 Å². The summed E-state index contributed by atoms with van der Waals surface area (Å²) in [6.07, 6.45) is 5.45. The van der Waals surface area contributed by atoms with Crippen LogP contribution in [0, 0.1) is 0 Å². The van der Waals surface area contributed by atoms with E-state index >= 15 is 0 Å². The molecule has 0 radical (unpaired) electrons. The minimum atomic E-state index is -0.0325. The van der Waals surface area contributed by atoms with Crippen molar-refractivity contribution >= 4 is 79.2 Å². The minimum Gasteiger partial charge on any atom is -0.496 e. The van der Waals surface area contributed by atoms with Crippen LogP contribution in [0.25, 0.3) is 27.8 Å². The van der Waals surface area contributed by atoms with Gasteiger partial charge in [-0.05, 0) is 60.2 Å². The summed E-state index contributed by atoms with van der Waals surface area (Å²) < 4.78 is 6.10. The maximum atomic E-state index is 13.1. The fourth-order valence-electron chi connectivity index (χ4n) is 4.33. The number of nitrogens with one attached hydrogen (secondary N) is 1. The molecular weight excluding hydrogens is 510 g/mol. The molecule has 1 saturated heterocycles. The van der Waals surface area contributed by atoms with Crippen LogP contribution in [0.1, 0.15) is 18.4 Å². The fraction of sp³-hybridized carbons (Fsp3) is 0.179. The van der Waals surface area contributed by atoms with Gasteiger partial charge in [0.25, 0.3) is 5.91 Å². The van der Waals surface area contributed by atoms with E-state index in [2.05, 4.69) is 10.3 Å². The molecule has 5 rings (SSSR count). The second kappa shape index (κ2) is 10.9. The molecule has 0 saturated carbocycles. The number of carbonyl (C=O) groups is 1. The molecule has 0 bridgehead atoms. The van der Waals surface area contributed by atoms with Gasteiger partial charge in [0, 0.05) is 40.8 Å². The molecule has 1 aliphatic rings. The van der Waals surface area contributed by atoms with E-state index in [0.29, 0.717) is 20.8 Å². The van der Waals surface area contributed by atoms with Crippen LogP contribution in [0.4, 0.5) is 5.69 Å². The topological polar surface area (TPSA) is 54.5 Å². The summed E-state index contributed by atoms with van der Waals surface area (Å²) in [5.41, 5.74) is 2.86. The molecule has 1 aromatic heterocycles. The lowest BCUT2D eigenvalue weighted by atomic mass is 10.0. The predicted octanol–water partition coefficient (Wildman–Crippen LogP) is 7.14. The van der Waals surface area contributed by atoms with E-state index in [0.717, 1.165) is 58.1 Å². The first-order chi connectivity index (χ1) is 17.5. The number of methoxy groups -OCH3 is 1. The summed E-state index contributed by atoms with van der Waals surface area (Å²) in [5, 5.41) is 7.24. The van der Waals surface area contributed by atoms with Gasteiger partial charge in [-0.15, -0.1) is 0 Å². The molecule has 182 valence electrons. The highest BCUT2D eigenvalue weighted by Gasteiger charge is 2.31. The summed E-state index contributed by atoms with van der Waals surface area (Å²) in [7, 11) is 1.66. The Balaban J connectivity index is 1.21. The first kappa shape index (κ1) is 24.6. The number of ether oxygens (including phenoxy) is 1. The molecule has 4 aromatic rings. The number of amides is 1. The zero-order chi connectivity index (χ0) is 25.1. The Hall–Kier alpha value is -3.13. The van der Waals surface area contributed by atoms with Crippen LogP contribution in [-0.4, -0.2) is 40.3 Å². The Kier molecular flexibility index (Phi) is 7.41. The van der Waals surface area contributed by atoms with Gasteiger partial charge in [0.1, 0.15) is 10.1 Å². The Bertz CT molecular complexity index is 1510. The molecule has 2 heterocycles. The van der Waals surface area contributed by atoms with Gasteiger partial charge in [-0.1, -0.05) is 65.9 Å². The summed E-state index contributed by atoms with van der Waals surface area (Å²) in [6.45, 7) is 1.38. The number of benzene rings is 3. The van der Waals surface area contributed by atoms with E-state index in [9.17, 15) is 4.79 Å². The van der Waals surface area contributed by atoms with Gasteiger partial charge in [0.05, 0.1) is 17.5 Å². The quantitative estimate of drug-likeness (QED) is 0.147. The second-order valence-corrected chi connectivity index (χ2v) is 10.5. The van der Waals surface area contributed by atoms with Crippen molar-refractivity contribution in [3.05, 3.63) is 82.4 Å². The van der Waals surface area contributed by atoms with Crippen LogP contribution in [0.3, 0.4) is 0 Å². The predicted molar refractivity (Wildman–Crippen MR) is 155 cm³/mol. The number of carbonyl (C=O) groups excluding carboxylic acids is 1. The highest BCUT2D eigenvalue weighted by Crippen LogP contribution is 2.35. The van der Waals surface area contributed by atoms with E-state index in [1.54, 1.807) is 18.2 Å². The molecule has 1 amide bonds. The zero-order valence-electron chi connectivity index (χ0n) is 19.7. The summed E-state index contributed by atoms with van der Waals surface area (Å²) in [4.78, 5) is 19.9. The number of thiocarbonyl (C=S) groups is 1. The molecule has 1 fully saturated rings. The van der Waals surface area contributed by atoms with Crippen LogP contribution in [0.2, 0.25) is 5.02 Å². The van der Waals surface area contributed by atoms with Gasteiger partial charge < -0.3 is 10.1 Å². The zero-order valence-corrected chi connectivity index (χ0v) is 22.1. The molecule has 5 nitrogen and oxygen atoms in total. The van der Waals surface area contributed by atoms with Crippen molar-refractivity contribution < 1.29 is 9.53 Å². The highest BCUT2D eigenvalue weighted by atomic mass is 35.5. The molecule has 0 atom stereocenters. The number of pyridine rings is 1.